The highest BCUT2D eigenvalue weighted by atomic mass is 32.2. The van der Waals surface area contributed by atoms with Crippen LogP contribution in [0.5, 0.6) is 0 Å². The standard InChI is InChI=1S/C17H17N5O5S2/c23-28(24,21-13-6-9-22-14(11-13)5-7-18-22)10-8-19-29(25,26)12-16-15-3-1-2-4-17(15)27-20-16/h1-7,9,11,19,21H,8,10,12H2. The number of hydrogen-bond acceptors (Lipinski definition) is 7. The Morgan fingerprint density at radius 2 is 1.86 bits per heavy atom. The first-order chi connectivity index (χ1) is 13.8. The Morgan fingerprint density at radius 3 is 2.72 bits per heavy atom. The van der Waals surface area contributed by atoms with E-state index >= 15 is 0 Å². The van der Waals surface area contributed by atoms with E-state index < -0.39 is 31.6 Å². The monoisotopic (exact) mass is 435 g/mol. The number of nitrogens with one attached hydrogen (secondary N) is 2. The lowest BCUT2D eigenvalue weighted by Gasteiger charge is -2.09. The zero-order valence-corrected chi connectivity index (χ0v) is 16.6. The number of nitrogens with zero attached hydrogens (tertiary/aromatic N) is 3. The van der Waals surface area contributed by atoms with Crippen molar-refractivity contribution in [3.05, 3.63) is 60.6 Å². The van der Waals surface area contributed by atoms with Crippen molar-refractivity contribution in [2.24, 2.45) is 0 Å². The van der Waals surface area contributed by atoms with E-state index in [1.54, 1.807) is 59.4 Å². The van der Waals surface area contributed by atoms with E-state index in [-0.39, 0.29) is 12.2 Å². The van der Waals surface area contributed by atoms with Crippen LogP contribution in [-0.4, -0.2) is 43.9 Å². The molecule has 0 amide bonds. The third kappa shape index (κ3) is 4.55. The molecule has 4 rings (SSSR count). The summed E-state index contributed by atoms with van der Waals surface area (Å²) in [6.45, 7) is -0.275. The van der Waals surface area contributed by atoms with Crippen LogP contribution >= 0.6 is 0 Å². The number of hydrogen-bond donors (Lipinski definition) is 2. The van der Waals surface area contributed by atoms with Crippen molar-refractivity contribution in [2.45, 2.75) is 5.75 Å². The molecule has 0 saturated carbocycles. The number of aromatic nitrogens is 3. The van der Waals surface area contributed by atoms with Gasteiger partial charge in [0.1, 0.15) is 11.4 Å². The molecule has 0 radical (unpaired) electrons. The molecule has 0 aliphatic rings. The molecule has 0 unspecified atom stereocenters. The lowest BCUT2D eigenvalue weighted by Crippen LogP contribution is -2.32. The van der Waals surface area contributed by atoms with Crippen LogP contribution in [-0.2, 0) is 25.8 Å². The highest BCUT2D eigenvalue weighted by Crippen LogP contribution is 2.19. The predicted molar refractivity (Wildman–Crippen MR) is 107 cm³/mol. The van der Waals surface area contributed by atoms with Gasteiger partial charge in [0.05, 0.1) is 17.0 Å². The number of fused-ring (bicyclic) bond motifs is 2. The molecule has 10 nitrogen and oxygen atoms in total. The van der Waals surface area contributed by atoms with Crippen molar-refractivity contribution in [3.8, 4) is 0 Å². The molecule has 0 aliphatic heterocycles. The molecule has 12 heteroatoms. The fourth-order valence-electron chi connectivity index (χ4n) is 2.82. The second-order valence-electron chi connectivity index (χ2n) is 6.32. The first-order valence-electron chi connectivity index (χ1n) is 8.56. The quantitative estimate of drug-likeness (QED) is 0.426. The maximum Gasteiger partial charge on any atom is 0.234 e. The Bertz CT molecular complexity index is 1380. The molecule has 0 fully saturated rings. The molecule has 152 valence electrons. The molecule has 3 heterocycles. The van der Waals surface area contributed by atoms with Gasteiger partial charge < -0.3 is 4.52 Å². The number of sulfonamides is 2. The minimum absolute atomic E-state index is 0.267. The predicted octanol–water partition coefficient (Wildman–Crippen LogP) is 1.34. The van der Waals surface area contributed by atoms with Gasteiger partial charge in [-0.2, -0.15) is 5.10 Å². The molecule has 4 aromatic rings. The molecule has 1 aromatic carbocycles. The molecule has 29 heavy (non-hydrogen) atoms. The second-order valence-corrected chi connectivity index (χ2v) is 9.96. The van der Waals surface area contributed by atoms with Crippen molar-refractivity contribution in [1.82, 2.24) is 19.5 Å². The van der Waals surface area contributed by atoms with Crippen LogP contribution in [0, 0.1) is 0 Å². The Labute approximate surface area is 166 Å². The summed E-state index contributed by atoms with van der Waals surface area (Å²) in [6.07, 6.45) is 3.22. The average Bonchev–Trinajstić information content (AvgIpc) is 3.27. The Kier molecular flexibility index (Phi) is 4.98. The summed E-state index contributed by atoms with van der Waals surface area (Å²) in [6, 6.07) is 11.8. The molecule has 2 N–H and O–H groups in total. The third-order valence-electron chi connectivity index (χ3n) is 4.14. The second kappa shape index (κ2) is 7.46. The van der Waals surface area contributed by atoms with E-state index in [4.69, 9.17) is 4.52 Å². The van der Waals surface area contributed by atoms with Gasteiger partial charge in [0, 0.05) is 24.3 Å². The summed E-state index contributed by atoms with van der Waals surface area (Å²) in [7, 11) is -7.54. The van der Waals surface area contributed by atoms with Gasteiger partial charge in [0.15, 0.2) is 5.58 Å². The molecule has 0 spiro atoms. The Hall–Kier alpha value is -2.96. The van der Waals surface area contributed by atoms with E-state index in [9.17, 15) is 16.8 Å². The van der Waals surface area contributed by atoms with Gasteiger partial charge in [-0.1, -0.05) is 17.3 Å². The van der Waals surface area contributed by atoms with Gasteiger partial charge in [-0.05, 0) is 30.3 Å². The van der Waals surface area contributed by atoms with Crippen molar-refractivity contribution < 1.29 is 21.4 Å². The third-order valence-corrected chi connectivity index (χ3v) is 6.73. The fourth-order valence-corrected chi connectivity index (χ4v) is 4.99. The van der Waals surface area contributed by atoms with Crippen LogP contribution in [0.3, 0.4) is 0 Å². The van der Waals surface area contributed by atoms with E-state index in [1.807, 2.05) is 0 Å². The van der Waals surface area contributed by atoms with Crippen molar-refractivity contribution in [1.29, 1.82) is 0 Å². The van der Waals surface area contributed by atoms with Gasteiger partial charge in [-0.15, -0.1) is 0 Å². The number of para-hydroxylation sites is 1. The zero-order valence-electron chi connectivity index (χ0n) is 15.0. The normalized spacial score (nSPS) is 12.6. The van der Waals surface area contributed by atoms with E-state index in [0.29, 0.717) is 16.7 Å². The van der Waals surface area contributed by atoms with E-state index in [0.717, 1.165) is 5.52 Å². The number of anilines is 1. The topological polar surface area (TPSA) is 136 Å². The summed E-state index contributed by atoms with van der Waals surface area (Å²) in [5.41, 5.74) is 1.85. The van der Waals surface area contributed by atoms with E-state index in [1.165, 1.54) is 0 Å². The van der Waals surface area contributed by atoms with Gasteiger partial charge in [-0.25, -0.2) is 26.1 Å². The maximum absolute atomic E-state index is 12.3. The molecule has 0 bridgehead atoms. The number of rotatable bonds is 8. The maximum atomic E-state index is 12.3. The van der Waals surface area contributed by atoms with Crippen LogP contribution in [0.2, 0.25) is 0 Å². The molecular weight excluding hydrogens is 418 g/mol. The summed E-state index contributed by atoms with van der Waals surface area (Å²) >= 11 is 0. The largest absolute Gasteiger partial charge is 0.356 e. The highest BCUT2D eigenvalue weighted by molar-refractivity contribution is 7.92. The van der Waals surface area contributed by atoms with Gasteiger partial charge in [-0.3, -0.25) is 4.72 Å². The van der Waals surface area contributed by atoms with Crippen LogP contribution < -0.4 is 9.44 Å². The first-order valence-corrected chi connectivity index (χ1v) is 11.9. The first kappa shape index (κ1) is 19.4. The molecule has 0 saturated heterocycles. The van der Waals surface area contributed by atoms with E-state index in [2.05, 4.69) is 19.7 Å². The lowest BCUT2D eigenvalue weighted by molar-refractivity contribution is 0.448. The van der Waals surface area contributed by atoms with Crippen LogP contribution in [0.4, 0.5) is 5.69 Å². The summed E-state index contributed by atoms with van der Waals surface area (Å²) in [5, 5.41) is 8.41. The van der Waals surface area contributed by atoms with Crippen molar-refractivity contribution in [2.75, 3.05) is 17.0 Å². The van der Waals surface area contributed by atoms with Gasteiger partial charge >= 0.3 is 0 Å². The zero-order chi connectivity index (χ0) is 20.5. The average molecular weight is 435 g/mol. The summed E-state index contributed by atoms with van der Waals surface area (Å²) in [4.78, 5) is 0. The van der Waals surface area contributed by atoms with Gasteiger partial charge in [0.2, 0.25) is 20.0 Å². The molecule has 3 aromatic heterocycles. The lowest BCUT2D eigenvalue weighted by atomic mass is 10.2. The minimum atomic E-state index is -3.79. The Balaban J connectivity index is 1.36. The molecular formula is C17H17N5O5S2. The number of pyridine rings is 1. The fraction of sp³-hybridized carbons (Fsp3) is 0.176. The number of benzene rings is 1. The molecule has 0 aliphatic carbocycles. The summed E-state index contributed by atoms with van der Waals surface area (Å²) in [5.74, 6) is -0.828. The van der Waals surface area contributed by atoms with Gasteiger partial charge in [0.25, 0.3) is 0 Å². The highest BCUT2D eigenvalue weighted by Gasteiger charge is 2.19. The van der Waals surface area contributed by atoms with Crippen LogP contribution in [0.15, 0.2) is 59.4 Å². The van der Waals surface area contributed by atoms with Crippen molar-refractivity contribution in [3.63, 3.8) is 0 Å². The minimum Gasteiger partial charge on any atom is -0.356 e. The summed E-state index contributed by atoms with van der Waals surface area (Å²) < 4.78 is 60.5. The van der Waals surface area contributed by atoms with Crippen LogP contribution in [0.25, 0.3) is 16.5 Å². The smallest absolute Gasteiger partial charge is 0.234 e. The molecule has 0 atom stereocenters. The SMILES string of the molecule is O=S(=O)(Cc1noc2ccccc12)NCCS(=O)(=O)Nc1ccn2nccc2c1. The van der Waals surface area contributed by atoms with Crippen molar-refractivity contribution >= 4 is 42.2 Å². The Morgan fingerprint density at radius 1 is 1.03 bits per heavy atom. The van der Waals surface area contributed by atoms with Crippen LogP contribution in [0.1, 0.15) is 5.69 Å².